The molecule has 0 fully saturated rings. The lowest BCUT2D eigenvalue weighted by molar-refractivity contribution is 0.664. The zero-order valence-corrected chi connectivity index (χ0v) is 21.9. The number of hydrogen-bond donors (Lipinski definition) is 0. The first-order chi connectivity index (χ1) is 20.3. The molecule has 0 radical (unpaired) electrons. The Labute approximate surface area is 234 Å². The highest BCUT2D eigenvalue weighted by atomic mass is 16.3. The fourth-order valence-electron chi connectivity index (χ4n) is 6.04. The number of nitrogens with zero attached hydrogens (tertiary/aromatic N) is 2. The lowest BCUT2D eigenvalue weighted by atomic mass is 10.0. The van der Waals surface area contributed by atoms with Gasteiger partial charge in [-0.25, -0.2) is 4.98 Å². The average Bonchev–Trinajstić information content (AvgIpc) is 3.71. The van der Waals surface area contributed by atoms with Crippen LogP contribution in [0.2, 0.25) is 0 Å². The van der Waals surface area contributed by atoms with Crippen molar-refractivity contribution in [3.05, 3.63) is 133 Å². The summed E-state index contributed by atoms with van der Waals surface area (Å²) in [6, 6.07) is 46.1. The summed E-state index contributed by atoms with van der Waals surface area (Å²) in [7, 11) is 0. The Kier molecular flexibility index (Phi) is 4.58. The van der Waals surface area contributed by atoms with E-state index in [2.05, 4.69) is 108 Å². The molecule has 3 heterocycles. The molecular formula is C37H22N2O2. The molecule has 0 atom stereocenters. The molecule has 0 saturated carbocycles. The van der Waals surface area contributed by atoms with Crippen molar-refractivity contribution in [3.63, 3.8) is 0 Å². The van der Waals surface area contributed by atoms with Crippen molar-refractivity contribution in [3.8, 4) is 28.2 Å². The van der Waals surface area contributed by atoms with Gasteiger partial charge in [0, 0.05) is 32.8 Å². The van der Waals surface area contributed by atoms with Crippen molar-refractivity contribution >= 4 is 54.9 Å². The van der Waals surface area contributed by atoms with Crippen LogP contribution in [0.4, 0.5) is 0 Å². The van der Waals surface area contributed by atoms with Gasteiger partial charge in [-0.3, -0.25) is 4.57 Å². The monoisotopic (exact) mass is 526 g/mol. The number of benzene rings is 6. The molecule has 0 spiro atoms. The predicted octanol–water partition coefficient (Wildman–Crippen LogP) is 10.2. The lowest BCUT2D eigenvalue weighted by Crippen LogP contribution is -1.97. The van der Waals surface area contributed by atoms with E-state index >= 15 is 0 Å². The van der Waals surface area contributed by atoms with Gasteiger partial charge in [0.2, 0.25) is 0 Å². The van der Waals surface area contributed by atoms with Crippen LogP contribution >= 0.6 is 0 Å². The van der Waals surface area contributed by atoms with E-state index in [1.165, 1.54) is 0 Å². The first kappa shape index (κ1) is 22.2. The van der Waals surface area contributed by atoms with Gasteiger partial charge in [-0.05, 0) is 65.7 Å². The second kappa shape index (κ2) is 8.44. The molecule has 192 valence electrons. The van der Waals surface area contributed by atoms with Gasteiger partial charge in [0.25, 0.3) is 0 Å². The molecule has 0 N–H and O–H groups in total. The maximum atomic E-state index is 6.28. The summed E-state index contributed by atoms with van der Waals surface area (Å²) in [5.74, 6) is 0.926. The van der Waals surface area contributed by atoms with Gasteiger partial charge in [-0.15, -0.1) is 0 Å². The van der Waals surface area contributed by atoms with Crippen LogP contribution < -0.4 is 0 Å². The molecular weight excluding hydrogens is 504 g/mol. The lowest BCUT2D eigenvalue weighted by Gasteiger charge is -2.10. The van der Waals surface area contributed by atoms with Gasteiger partial charge >= 0.3 is 0 Å². The smallest absolute Gasteiger partial charge is 0.145 e. The maximum Gasteiger partial charge on any atom is 0.145 e. The largest absolute Gasteiger partial charge is 0.456 e. The van der Waals surface area contributed by atoms with Crippen LogP contribution in [0.25, 0.3) is 83.1 Å². The molecule has 0 aliphatic heterocycles. The Balaban J connectivity index is 1.15. The van der Waals surface area contributed by atoms with E-state index in [9.17, 15) is 0 Å². The average molecular weight is 527 g/mol. The van der Waals surface area contributed by atoms with Crippen LogP contribution in [0.5, 0.6) is 0 Å². The van der Waals surface area contributed by atoms with E-state index in [1.807, 2.05) is 30.3 Å². The van der Waals surface area contributed by atoms with Crippen molar-refractivity contribution < 1.29 is 8.83 Å². The molecule has 0 unspecified atom stereocenters. The van der Waals surface area contributed by atoms with Gasteiger partial charge in [-0.1, -0.05) is 78.9 Å². The molecule has 41 heavy (non-hydrogen) atoms. The van der Waals surface area contributed by atoms with Gasteiger partial charge in [0.05, 0.1) is 11.0 Å². The molecule has 3 aromatic heterocycles. The van der Waals surface area contributed by atoms with Crippen LogP contribution in [0.3, 0.4) is 0 Å². The van der Waals surface area contributed by atoms with Crippen LogP contribution in [0.1, 0.15) is 0 Å². The molecule has 9 aromatic rings. The maximum absolute atomic E-state index is 6.28. The summed E-state index contributed by atoms with van der Waals surface area (Å²) in [4.78, 5) is 5.01. The van der Waals surface area contributed by atoms with Crippen molar-refractivity contribution in [2.24, 2.45) is 0 Å². The van der Waals surface area contributed by atoms with E-state index in [-0.39, 0.29) is 0 Å². The number of para-hydroxylation sites is 4. The molecule has 0 aliphatic carbocycles. The molecule has 4 heteroatoms. The van der Waals surface area contributed by atoms with E-state index in [0.29, 0.717) is 0 Å². The Morgan fingerprint density at radius 1 is 0.439 bits per heavy atom. The molecule has 4 nitrogen and oxygen atoms in total. The molecule has 0 saturated heterocycles. The minimum atomic E-state index is 0.867. The Hall–Kier alpha value is -5.61. The van der Waals surface area contributed by atoms with E-state index < -0.39 is 0 Å². The number of imidazole rings is 1. The number of fused-ring (bicyclic) bond motifs is 7. The first-order valence-electron chi connectivity index (χ1n) is 13.7. The minimum Gasteiger partial charge on any atom is -0.456 e. The summed E-state index contributed by atoms with van der Waals surface area (Å²) < 4.78 is 14.7. The number of rotatable bonds is 3. The molecule has 9 rings (SSSR count). The van der Waals surface area contributed by atoms with Crippen molar-refractivity contribution in [1.29, 1.82) is 0 Å². The Morgan fingerprint density at radius 2 is 1.05 bits per heavy atom. The highest BCUT2D eigenvalue weighted by Crippen LogP contribution is 2.38. The fraction of sp³-hybridized carbons (Fsp3) is 0. The van der Waals surface area contributed by atoms with Crippen LogP contribution in [-0.2, 0) is 0 Å². The summed E-state index contributed by atoms with van der Waals surface area (Å²) in [5, 5.41) is 4.31. The second-order valence-electron chi connectivity index (χ2n) is 10.4. The highest BCUT2D eigenvalue weighted by Gasteiger charge is 2.16. The van der Waals surface area contributed by atoms with Crippen molar-refractivity contribution in [2.75, 3.05) is 0 Å². The minimum absolute atomic E-state index is 0.867. The third kappa shape index (κ3) is 3.38. The number of hydrogen-bond acceptors (Lipinski definition) is 3. The van der Waals surface area contributed by atoms with E-state index in [0.717, 1.165) is 83.1 Å². The molecule has 6 aromatic carbocycles. The normalized spacial score (nSPS) is 11.9. The zero-order chi connectivity index (χ0) is 26.9. The van der Waals surface area contributed by atoms with Crippen molar-refractivity contribution in [2.45, 2.75) is 0 Å². The fourth-order valence-corrected chi connectivity index (χ4v) is 6.04. The summed E-state index contributed by atoms with van der Waals surface area (Å²) in [6.07, 6.45) is 0. The second-order valence-corrected chi connectivity index (χ2v) is 10.4. The van der Waals surface area contributed by atoms with Crippen LogP contribution in [0, 0.1) is 0 Å². The zero-order valence-electron chi connectivity index (χ0n) is 21.9. The van der Waals surface area contributed by atoms with Crippen LogP contribution in [0.15, 0.2) is 142 Å². The number of aromatic nitrogens is 2. The highest BCUT2D eigenvalue weighted by molar-refractivity contribution is 6.15. The van der Waals surface area contributed by atoms with E-state index in [4.69, 9.17) is 13.8 Å². The summed E-state index contributed by atoms with van der Waals surface area (Å²) in [5.41, 5.74) is 10.00. The topological polar surface area (TPSA) is 44.1 Å². The standard InChI is InChI=1S/C37H22N2O2/c1-2-8-26(9-3-1)39-32-12-6-5-11-31(32)38-37(39)24-16-14-23(15-17-24)25-18-19-34-28(20-25)30-22-35-29(21-36(30)41-34)27-10-4-7-13-33(27)40-35/h1-22H. The number of furan rings is 2. The van der Waals surface area contributed by atoms with Gasteiger partial charge < -0.3 is 8.83 Å². The van der Waals surface area contributed by atoms with Gasteiger partial charge in [-0.2, -0.15) is 0 Å². The van der Waals surface area contributed by atoms with Gasteiger partial charge in [0.1, 0.15) is 28.2 Å². The third-order valence-electron chi connectivity index (χ3n) is 8.02. The third-order valence-corrected chi connectivity index (χ3v) is 8.02. The Bertz CT molecular complexity index is 2410. The SMILES string of the molecule is c1ccc(-n2c(-c3ccc(-c4ccc5oc6cc7c(cc6c5c4)oc4ccccc47)cc3)nc3ccccc32)cc1. The van der Waals surface area contributed by atoms with Gasteiger partial charge in [0.15, 0.2) is 0 Å². The molecule has 0 aliphatic rings. The van der Waals surface area contributed by atoms with Crippen molar-refractivity contribution in [1.82, 2.24) is 9.55 Å². The quantitative estimate of drug-likeness (QED) is 0.230. The van der Waals surface area contributed by atoms with E-state index in [1.54, 1.807) is 0 Å². The van der Waals surface area contributed by atoms with Crippen LogP contribution in [-0.4, -0.2) is 9.55 Å². The summed E-state index contributed by atoms with van der Waals surface area (Å²) >= 11 is 0. The molecule has 0 bridgehead atoms. The molecule has 0 amide bonds. The Morgan fingerprint density at radius 3 is 1.88 bits per heavy atom. The first-order valence-corrected chi connectivity index (χ1v) is 13.7. The predicted molar refractivity (Wildman–Crippen MR) is 166 cm³/mol. The summed E-state index contributed by atoms with van der Waals surface area (Å²) in [6.45, 7) is 0.